The average Bonchev–Trinajstić information content (AvgIpc) is 2.76. The van der Waals surface area contributed by atoms with Crippen LogP contribution in [0.25, 0.3) is 0 Å². The minimum atomic E-state index is -4.14. The first-order chi connectivity index (χ1) is 11.7. The number of aryl methyl sites for hydroxylation is 1. The molecule has 1 amide bonds. The molecule has 2 aromatic carbocycles. The molecule has 0 aliphatic carbocycles. The van der Waals surface area contributed by atoms with Gasteiger partial charge in [-0.05, 0) is 36.8 Å². The first kappa shape index (κ1) is 17.3. The summed E-state index contributed by atoms with van der Waals surface area (Å²) in [6.07, 6.45) is 0. The van der Waals surface area contributed by atoms with Gasteiger partial charge >= 0.3 is 0 Å². The molecule has 0 aromatic heterocycles. The van der Waals surface area contributed by atoms with Crippen molar-refractivity contribution in [3.8, 4) is 0 Å². The van der Waals surface area contributed by atoms with E-state index < -0.39 is 38.7 Å². The molecule has 0 spiro atoms. The number of carbonyl (C=O) groups excluding carboxylic acids is 2. The van der Waals surface area contributed by atoms with Crippen LogP contribution in [0.1, 0.15) is 27.4 Å². The molecule has 1 heterocycles. The van der Waals surface area contributed by atoms with Gasteiger partial charge in [0, 0.05) is 12.6 Å². The van der Waals surface area contributed by atoms with Crippen molar-refractivity contribution >= 4 is 21.7 Å². The zero-order chi connectivity index (χ0) is 18.4. The quantitative estimate of drug-likeness (QED) is 0.787. The molecule has 0 bridgehead atoms. The summed E-state index contributed by atoms with van der Waals surface area (Å²) in [7, 11) is -2.99. The Labute approximate surface area is 145 Å². The highest BCUT2D eigenvalue weighted by molar-refractivity contribution is 7.91. The lowest BCUT2D eigenvalue weighted by Crippen LogP contribution is -2.33. The van der Waals surface area contributed by atoms with Gasteiger partial charge in [-0.15, -0.1) is 0 Å². The van der Waals surface area contributed by atoms with E-state index in [1.807, 2.05) is 6.92 Å². The summed E-state index contributed by atoms with van der Waals surface area (Å²) in [5.41, 5.74) is 1.46. The van der Waals surface area contributed by atoms with Crippen LogP contribution >= 0.6 is 0 Å². The summed E-state index contributed by atoms with van der Waals surface area (Å²) in [6, 6.07) is 11.4. The van der Waals surface area contributed by atoms with Gasteiger partial charge in [-0.2, -0.15) is 0 Å². The molecule has 1 saturated heterocycles. The Kier molecular flexibility index (Phi) is 4.20. The van der Waals surface area contributed by atoms with Crippen LogP contribution in [-0.4, -0.2) is 36.7 Å². The molecule has 3 rings (SSSR count). The zero-order valence-electron chi connectivity index (χ0n) is 13.6. The molecule has 2 atom stereocenters. The number of halogens is 1. The largest absolute Gasteiger partial charge is 0.293 e. The second kappa shape index (κ2) is 6.07. The monoisotopic (exact) mass is 361 g/mol. The third-order valence-corrected chi connectivity index (χ3v) is 6.48. The normalized spacial score (nSPS) is 22.2. The Morgan fingerprint density at radius 3 is 2.16 bits per heavy atom. The summed E-state index contributed by atoms with van der Waals surface area (Å²) in [5, 5.41) is -1.56. The van der Waals surface area contributed by atoms with Crippen LogP contribution in [0.2, 0.25) is 0 Å². The molecule has 5 nitrogen and oxygen atoms in total. The number of amides is 1. The number of likely N-dealkylation sites (N-methyl/N-ethyl adjacent to an activating group) is 1. The van der Waals surface area contributed by atoms with Gasteiger partial charge in [0.2, 0.25) is 15.9 Å². The van der Waals surface area contributed by atoms with Gasteiger partial charge < -0.3 is 0 Å². The van der Waals surface area contributed by atoms with E-state index in [1.165, 1.54) is 12.1 Å². The Morgan fingerprint density at radius 1 is 1.04 bits per heavy atom. The van der Waals surface area contributed by atoms with E-state index in [4.69, 9.17) is 0 Å². The Balaban J connectivity index is 2.11. The van der Waals surface area contributed by atoms with Crippen molar-refractivity contribution in [1.29, 1.82) is 0 Å². The van der Waals surface area contributed by atoms with Crippen LogP contribution in [-0.2, 0) is 14.8 Å². The van der Waals surface area contributed by atoms with E-state index in [0.29, 0.717) is 9.87 Å². The summed E-state index contributed by atoms with van der Waals surface area (Å²) < 4.78 is 39.0. The van der Waals surface area contributed by atoms with Crippen molar-refractivity contribution in [3.63, 3.8) is 0 Å². The van der Waals surface area contributed by atoms with E-state index in [9.17, 15) is 22.4 Å². The molecule has 7 heteroatoms. The minimum absolute atomic E-state index is 0.0511. The maximum atomic E-state index is 13.1. The van der Waals surface area contributed by atoms with Crippen molar-refractivity contribution in [2.75, 3.05) is 7.05 Å². The fourth-order valence-electron chi connectivity index (χ4n) is 2.95. The van der Waals surface area contributed by atoms with E-state index in [2.05, 4.69) is 0 Å². The topological polar surface area (TPSA) is 71.5 Å². The fraction of sp³-hybridized carbons (Fsp3) is 0.222. The molecule has 0 saturated carbocycles. The van der Waals surface area contributed by atoms with E-state index in [0.717, 1.165) is 24.7 Å². The lowest BCUT2D eigenvalue weighted by atomic mass is 9.90. The Morgan fingerprint density at radius 2 is 1.60 bits per heavy atom. The number of nitrogens with zero attached hydrogens (tertiary/aromatic N) is 1. The van der Waals surface area contributed by atoms with E-state index in [-0.39, 0.29) is 5.56 Å². The second-order valence-corrected chi connectivity index (χ2v) is 8.12. The zero-order valence-corrected chi connectivity index (χ0v) is 14.5. The highest BCUT2D eigenvalue weighted by atomic mass is 32.2. The Bertz CT molecular complexity index is 936. The lowest BCUT2D eigenvalue weighted by molar-refractivity contribution is -0.125. The number of carbonyl (C=O) groups is 2. The first-order valence-corrected chi connectivity index (χ1v) is 9.11. The molecular weight excluding hydrogens is 345 g/mol. The summed E-state index contributed by atoms with van der Waals surface area (Å²) >= 11 is 0. The van der Waals surface area contributed by atoms with Gasteiger partial charge in [-0.25, -0.2) is 17.1 Å². The van der Waals surface area contributed by atoms with Gasteiger partial charge in [0.25, 0.3) is 0 Å². The number of hydrogen-bond acceptors (Lipinski definition) is 4. The fourth-order valence-corrected chi connectivity index (χ4v) is 4.68. The van der Waals surface area contributed by atoms with Crippen molar-refractivity contribution in [2.45, 2.75) is 18.1 Å². The SMILES string of the molecule is Cc1ccc([C@@H]2C(=O)N(C)S(=O)(=O)[C@H]2C(=O)c2ccc(F)cc2)cc1. The molecular formula is C18H16FNO4S. The predicted octanol–water partition coefficient (Wildman–Crippen LogP) is 2.27. The molecule has 0 radical (unpaired) electrons. The van der Waals surface area contributed by atoms with E-state index in [1.54, 1.807) is 24.3 Å². The standard InChI is InChI=1S/C18H16FNO4S/c1-11-3-5-12(6-4-11)15-17(25(23,24)20(2)18(15)22)16(21)13-7-9-14(19)10-8-13/h3-10,15,17H,1-2H3/t15-,17+/m0/s1. The third-order valence-electron chi connectivity index (χ3n) is 4.41. The highest BCUT2D eigenvalue weighted by Crippen LogP contribution is 2.37. The van der Waals surface area contributed by atoms with Crippen molar-refractivity contribution < 1.29 is 22.4 Å². The molecule has 0 unspecified atom stereocenters. The van der Waals surface area contributed by atoms with Crippen LogP contribution in [0, 0.1) is 12.7 Å². The summed E-state index contributed by atoms with van der Waals surface area (Å²) in [4.78, 5) is 25.4. The number of ketones is 1. The van der Waals surface area contributed by atoms with Gasteiger partial charge in [-0.1, -0.05) is 29.8 Å². The summed E-state index contributed by atoms with van der Waals surface area (Å²) in [6.45, 7) is 1.87. The number of sulfonamides is 1. The maximum Gasteiger partial charge on any atom is 0.248 e. The number of hydrogen-bond donors (Lipinski definition) is 0. The average molecular weight is 361 g/mol. The lowest BCUT2D eigenvalue weighted by Gasteiger charge is -2.15. The van der Waals surface area contributed by atoms with Gasteiger partial charge in [-0.3, -0.25) is 9.59 Å². The van der Waals surface area contributed by atoms with Gasteiger partial charge in [0.15, 0.2) is 11.0 Å². The molecule has 25 heavy (non-hydrogen) atoms. The molecule has 0 N–H and O–H groups in total. The van der Waals surface area contributed by atoms with Crippen molar-refractivity contribution in [3.05, 3.63) is 71.0 Å². The van der Waals surface area contributed by atoms with Gasteiger partial charge in [0.05, 0.1) is 5.92 Å². The first-order valence-electron chi connectivity index (χ1n) is 7.61. The van der Waals surface area contributed by atoms with E-state index >= 15 is 0 Å². The third kappa shape index (κ3) is 2.84. The molecule has 2 aromatic rings. The van der Waals surface area contributed by atoms with Crippen molar-refractivity contribution in [1.82, 2.24) is 4.31 Å². The van der Waals surface area contributed by atoms with Crippen LogP contribution in [0.4, 0.5) is 4.39 Å². The van der Waals surface area contributed by atoms with Crippen LogP contribution in [0.5, 0.6) is 0 Å². The number of Topliss-reactive ketones (excluding diaryl/α,β-unsaturated/α-hetero) is 1. The van der Waals surface area contributed by atoms with Crippen molar-refractivity contribution in [2.24, 2.45) is 0 Å². The summed E-state index contributed by atoms with van der Waals surface area (Å²) in [5.74, 6) is -3.02. The van der Waals surface area contributed by atoms with Crippen LogP contribution in [0.15, 0.2) is 48.5 Å². The molecule has 1 aliphatic rings. The maximum absolute atomic E-state index is 13.1. The molecule has 1 fully saturated rings. The Hall–Kier alpha value is -2.54. The number of rotatable bonds is 3. The molecule has 130 valence electrons. The highest BCUT2D eigenvalue weighted by Gasteiger charge is 2.55. The molecule has 1 aliphatic heterocycles. The minimum Gasteiger partial charge on any atom is -0.293 e. The van der Waals surface area contributed by atoms with Gasteiger partial charge in [0.1, 0.15) is 5.82 Å². The smallest absolute Gasteiger partial charge is 0.248 e. The second-order valence-electron chi connectivity index (χ2n) is 6.03. The number of benzene rings is 2. The van der Waals surface area contributed by atoms with Crippen LogP contribution < -0.4 is 0 Å². The predicted molar refractivity (Wildman–Crippen MR) is 90.1 cm³/mol. The van der Waals surface area contributed by atoms with Crippen LogP contribution in [0.3, 0.4) is 0 Å².